The highest BCUT2D eigenvalue weighted by atomic mass is 32.1. The smallest absolute Gasteiger partial charge is 0.203 e. The average molecular weight is 357 g/mol. The van der Waals surface area contributed by atoms with Crippen LogP contribution in [0.3, 0.4) is 0 Å². The Labute approximate surface area is 151 Å². The number of nitrogens with zero attached hydrogens (tertiary/aromatic N) is 2. The number of H-pyrrole nitrogens is 1. The molecule has 0 bridgehead atoms. The third kappa shape index (κ3) is 3.10. The molecule has 130 valence electrons. The van der Waals surface area contributed by atoms with Crippen LogP contribution in [0.25, 0.3) is 17.1 Å². The standard InChI is InChI=1S/C18H19N3O3S/c1-11-6-5-7-13(8-11)21-17(19-20-18(21)25)12-9-14(22-2)16(24-4)15(10-12)23-3/h5-10H,1-4H3,(H,20,25). The van der Waals surface area contributed by atoms with Crippen LogP contribution in [-0.4, -0.2) is 36.1 Å². The molecule has 0 saturated heterocycles. The number of methoxy groups -OCH3 is 3. The van der Waals surface area contributed by atoms with Crippen LogP contribution in [0.5, 0.6) is 17.2 Å². The van der Waals surface area contributed by atoms with Crippen molar-refractivity contribution in [1.29, 1.82) is 0 Å². The first-order chi connectivity index (χ1) is 12.1. The second-order valence-electron chi connectivity index (χ2n) is 5.44. The van der Waals surface area contributed by atoms with Crippen molar-refractivity contribution in [3.05, 3.63) is 46.7 Å². The lowest BCUT2D eigenvalue weighted by molar-refractivity contribution is 0.324. The van der Waals surface area contributed by atoms with Gasteiger partial charge in [-0.3, -0.25) is 9.67 Å². The maximum absolute atomic E-state index is 5.43. The molecule has 0 aliphatic carbocycles. The molecule has 1 heterocycles. The molecule has 1 N–H and O–H groups in total. The molecular formula is C18H19N3O3S. The molecule has 0 fully saturated rings. The van der Waals surface area contributed by atoms with Crippen LogP contribution in [0.1, 0.15) is 5.56 Å². The van der Waals surface area contributed by atoms with Gasteiger partial charge in [0.15, 0.2) is 22.1 Å². The number of hydrogen-bond acceptors (Lipinski definition) is 5. The fourth-order valence-corrected chi connectivity index (χ4v) is 2.94. The minimum atomic E-state index is 0.509. The fourth-order valence-electron chi connectivity index (χ4n) is 2.71. The second kappa shape index (κ2) is 6.98. The van der Waals surface area contributed by atoms with Gasteiger partial charge in [-0.2, -0.15) is 5.10 Å². The maximum atomic E-state index is 5.43. The summed E-state index contributed by atoms with van der Waals surface area (Å²) in [4.78, 5) is 0. The van der Waals surface area contributed by atoms with Crippen molar-refractivity contribution in [1.82, 2.24) is 14.8 Å². The van der Waals surface area contributed by atoms with E-state index < -0.39 is 0 Å². The molecular weight excluding hydrogens is 338 g/mol. The highest BCUT2D eigenvalue weighted by molar-refractivity contribution is 7.71. The summed E-state index contributed by atoms with van der Waals surface area (Å²) in [6, 6.07) is 11.7. The Kier molecular flexibility index (Phi) is 4.76. The van der Waals surface area contributed by atoms with Crippen LogP contribution >= 0.6 is 12.2 Å². The number of aromatic nitrogens is 3. The molecule has 0 saturated carbocycles. The molecule has 6 nitrogen and oxygen atoms in total. The van der Waals surface area contributed by atoms with Gasteiger partial charge in [-0.05, 0) is 49.0 Å². The van der Waals surface area contributed by atoms with E-state index in [1.807, 2.05) is 47.9 Å². The molecule has 3 aromatic rings. The molecule has 25 heavy (non-hydrogen) atoms. The Balaban J connectivity index is 2.23. The van der Waals surface area contributed by atoms with Gasteiger partial charge >= 0.3 is 0 Å². The van der Waals surface area contributed by atoms with E-state index in [-0.39, 0.29) is 0 Å². The number of benzene rings is 2. The van der Waals surface area contributed by atoms with Crippen molar-refractivity contribution in [3.8, 4) is 34.3 Å². The minimum Gasteiger partial charge on any atom is -0.493 e. The molecule has 2 aromatic carbocycles. The van der Waals surface area contributed by atoms with Gasteiger partial charge in [-0.15, -0.1) is 0 Å². The molecule has 0 aliphatic rings. The van der Waals surface area contributed by atoms with Gasteiger partial charge in [-0.25, -0.2) is 0 Å². The zero-order valence-electron chi connectivity index (χ0n) is 14.5. The Morgan fingerprint density at radius 3 is 2.24 bits per heavy atom. The summed E-state index contributed by atoms with van der Waals surface area (Å²) in [6.45, 7) is 2.03. The third-order valence-corrected chi connectivity index (χ3v) is 4.13. The second-order valence-corrected chi connectivity index (χ2v) is 5.83. The molecule has 0 unspecified atom stereocenters. The zero-order chi connectivity index (χ0) is 18.0. The first-order valence-electron chi connectivity index (χ1n) is 7.64. The first kappa shape index (κ1) is 17.0. The molecule has 0 atom stereocenters. The van der Waals surface area contributed by atoms with Crippen LogP contribution in [0, 0.1) is 11.7 Å². The topological polar surface area (TPSA) is 61.3 Å². The summed E-state index contributed by atoms with van der Waals surface area (Å²) in [5.41, 5.74) is 2.86. The Hall–Kier alpha value is -2.80. The normalized spacial score (nSPS) is 10.6. The molecule has 0 spiro atoms. The first-order valence-corrected chi connectivity index (χ1v) is 8.04. The Bertz CT molecular complexity index is 937. The summed E-state index contributed by atoms with van der Waals surface area (Å²) in [5, 5.41) is 7.25. The molecule has 0 radical (unpaired) electrons. The summed E-state index contributed by atoms with van der Waals surface area (Å²) in [5.74, 6) is 2.31. The lowest BCUT2D eigenvalue weighted by atomic mass is 10.1. The largest absolute Gasteiger partial charge is 0.493 e. The monoisotopic (exact) mass is 357 g/mol. The number of aryl methyl sites for hydroxylation is 1. The molecule has 7 heteroatoms. The van der Waals surface area contributed by atoms with E-state index in [0.29, 0.717) is 27.8 Å². The van der Waals surface area contributed by atoms with E-state index >= 15 is 0 Å². The molecule has 1 aromatic heterocycles. The predicted octanol–water partition coefficient (Wildman–Crippen LogP) is 3.93. The minimum absolute atomic E-state index is 0.509. The van der Waals surface area contributed by atoms with Gasteiger partial charge in [0, 0.05) is 5.56 Å². The predicted molar refractivity (Wildman–Crippen MR) is 98.6 cm³/mol. The Morgan fingerprint density at radius 1 is 1.00 bits per heavy atom. The average Bonchev–Trinajstić information content (AvgIpc) is 3.01. The van der Waals surface area contributed by atoms with E-state index in [0.717, 1.165) is 16.8 Å². The van der Waals surface area contributed by atoms with Crippen LogP contribution in [-0.2, 0) is 0 Å². The van der Waals surface area contributed by atoms with E-state index in [2.05, 4.69) is 10.2 Å². The van der Waals surface area contributed by atoms with Crippen LogP contribution in [0.15, 0.2) is 36.4 Å². The zero-order valence-corrected chi connectivity index (χ0v) is 15.3. The van der Waals surface area contributed by atoms with E-state index in [4.69, 9.17) is 26.4 Å². The third-order valence-electron chi connectivity index (χ3n) is 3.86. The van der Waals surface area contributed by atoms with Crippen molar-refractivity contribution in [3.63, 3.8) is 0 Å². The van der Waals surface area contributed by atoms with E-state index in [9.17, 15) is 0 Å². The van der Waals surface area contributed by atoms with Gasteiger partial charge in [0.2, 0.25) is 5.75 Å². The van der Waals surface area contributed by atoms with Crippen molar-refractivity contribution < 1.29 is 14.2 Å². The maximum Gasteiger partial charge on any atom is 0.203 e. The summed E-state index contributed by atoms with van der Waals surface area (Å²) >= 11 is 5.43. The summed E-state index contributed by atoms with van der Waals surface area (Å²) in [6.07, 6.45) is 0. The van der Waals surface area contributed by atoms with Crippen molar-refractivity contribution in [2.24, 2.45) is 0 Å². The van der Waals surface area contributed by atoms with E-state index in [1.165, 1.54) is 0 Å². The van der Waals surface area contributed by atoms with Gasteiger partial charge in [0.25, 0.3) is 0 Å². The van der Waals surface area contributed by atoms with Crippen LogP contribution in [0.4, 0.5) is 0 Å². The lowest BCUT2D eigenvalue weighted by Gasteiger charge is -2.14. The number of rotatable bonds is 5. The van der Waals surface area contributed by atoms with Gasteiger partial charge in [0.1, 0.15) is 0 Å². The van der Waals surface area contributed by atoms with Crippen molar-refractivity contribution in [2.45, 2.75) is 6.92 Å². The molecule has 3 rings (SSSR count). The van der Waals surface area contributed by atoms with Gasteiger partial charge in [0.05, 0.1) is 27.0 Å². The van der Waals surface area contributed by atoms with Crippen molar-refractivity contribution >= 4 is 12.2 Å². The molecule has 0 amide bonds. The molecule has 0 aliphatic heterocycles. The Morgan fingerprint density at radius 2 is 1.68 bits per heavy atom. The van der Waals surface area contributed by atoms with Gasteiger partial charge < -0.3 is 14.2 Å². The van der Waals surface area contributed by atoms with Gasteiger partial charge in [-0.1, -0.05) is 12.1 Å². The van der Waals surface area contributed by atoms with Crippen LogP contribution < -0.4 is 14.2 Å². The van der Waals surface area contributed by atoms with Crippen LogP contribution in [0.2, 0.25) is 0 Å². The number of aromatic amines is 1. The number of ether oxygens (including phenoxy) is 3. The summed E-state index contributed by atoms with van der Waals surface area (Å²) in [7, 11) is 4.74. The quantitative estimate of drug-likeness (QED) is 0.701. The summed E-state index contributed by atoms with van der Waals surface area (Å²) < 4.78 is 18.6. The van der Waals surface area contributed by atoms with Crippen molar-refractivity contribution in [2.75, 3.05) is 21.3 Å². The fraction of sp³-hybridized carbons (Fsp3) is 0.222. The van der Waals surface area contributed by atoms with E-state index in [1.54, 1.807) is 21.3 Å². The number of nitrogens with one attached hydrogen (secondary N) is 1. The highest BCUT2D eigenvalue weighted by Gasteiger charge is 2.18. The lowest BCUT2D eigenvalue weighted by Crippen LogP contribution is -2.00. The SMILES string of the molecule is COc1cc(-c2n[nH]c(=S)n2-c2cccc(C)c2)cc(OC)c1OC. The number of hydrogen-bond donors (Lipinski definition) is 1. The highest BCUT2D eigenvalue weighted by Crippen LogP contribution is 2.41.